The van der Waals surface area contributed by atoms with Crippen molar-refractivity contribution in [1.29, 1.82) is 0 Å². The highest BCUT2D eigenvalue weighted by molar-refractivity contribution is 5.98. The first-order chi connectivity index (χ1) is 12.3. The third-order valence-corrected chi connectivity index (χ3v) is 4.02. The first-order valence-corrected chi connectivity index (χ1v) is 8.03. The van der Waals surface area contributed by atoms with Crippen molar-refractivity contribution in [1.82, 2.24) is 14.5 Å². The smallest absolute Gasteiger partial charge is 0.339 e. The molecule has 0 saturated carbocycles. The predicted octanol–water partition coefficient (Wildman–Crippen LogP) is 0.150. The molecule has 2 rings (SSSR count). The molecule has 2 aromatic heterocycles. The fourth-order valence-corrected chi connectivity index (χ4v) is 2.63. The lowest BCUT2D eigenvalue weighted by atomic mass is 10.1. The van der Waals surface area contributed by atoms with Crippen molar-refractivity contribution in [2.24, 2.45) is 5.73 Å². The zero-order valence-electron chi connectivity index (χ0n) is 14.8. The molecule has 9 heteroatoms. The molecular formula is C17H20N4O5. The van der Waals surface area contributed by atoms with E-state index in [-0.39, 0.29) is 29.2 Å². The predicted molar refractivity (Wildman–Crippen MR) is 93.8 cm³/mol. The monoisotopic (exact) mass is 360 g/mol. The molecular weight excluding hydrogens is 340 g/mol. The minimum Gasteiger partial charge on any atom is -0.465 e. The first kappa shape index (κ1) is 19.1. The van der Waals surface area contributed by atoms with Gasteiger partial charge in [-0.1, -0.05) is 0 Å². The van der Waals surface area contributed by atoms with Gasteiger partial charge in [0.05, 0.1) is 12.7 Å². The summed E-state index contributed by atoms with van der Waals surface area (Å²) in [5.74, 6) is -1.83. The van der Waals surface area contributed by atoms with Crippen LogP contribution in [0.5, 0.6) is 0 Å². The average Bonchev–Trinajstić information content (AvgIpc) is 2.63. The number of pyridine rings is 2. The second-order valence-electron chi connectivity index (χ2n) is 5.51. The number of carbonyl (C=O) groups is 3. The van der Waals surface area contributed by atoms with Crippen LogP contribution in [-0.2, 0) is 16.1 Å². The molecule has 0 atom stereocenters. The van der Waals surface area contributed by atoms with Gasteiger partial charge in [-0.3, -0.25) is 19.0 Å². The normalized spacial score (nSPS) is 10.6. The number of fused-ring (bicyclic) bond motifs is 1. The Hall–Kier alpha value is -3.23. The molecule has 0 aliphatic carbocycles. The highest BCUT2D eigenvalue weighted by atomic mass is 16.5. The Morgan fingerprint density at radius 2 is 1.88 bits per heavy atom. The molecule has 0 aromatic carbocycles. The molecule has 2 heterocycles. The van der Waals surface area contributed by atoms with Gasteiger partial charge >= 0.3 is 5.97 Å². The van der Waals surface area contributed by atoms with Gasteiger partial charge in [-0.05, 0) is 26.0 Å². The summed E-state index contributed by atoms with van der Waals surface area (Å²) < 4.78 is 5.74. The summed E-state index contributed by atoms with van der Waals surface area (Å²) in [6.07, 6.45) is 1.25. The Balaban J connectivity index is 2.68. The maximum atomic E-state index is 12.6. The molecule has 0 fully saturated rings. The topological polar surface area (TPSA) is 125 Å². The number of likely N-dealkylation sites (N-methyl/N-ethyl adjacent to an activating group) is 1. The number of primary amides is 1. The lowest BCUT2D eigenvalue weighted by Gasteiger charge is -2.20. The summed E-state index contributed by atoms with van der Waals surface area (Å²) in [5, 5.41) is 0.327. The summed E-state index contributed by atoms with van der Waals surface area (Å²) in [6.45, 7) is 4.32. The van der Waals surface area contributed by atoms with Crippen molar-refractivity contribution < 1.29 is 19.1 Å². The van der Waals surface area contributed by atoms with Crippen LogP contribution in [0.3, 0.4) is 0 Å². The molecule has 0 bridgehead atoms. The van der Waals surface area contributed by atoms with Gasteiger partial charge < -0.3 is 15.4 Å². The largest absolute Gasteiger partial charge is 0.465 e. The standard InChI is InChI=1S/C17H20N4O5/c1-4-20(5-2)13(22)9-21-15-10(7-12(14(18)23)16(21)24)6-11(8-19-15)17(25)26-3/h6-8H,4-5,9H2,1-3H3,(H2,18,23). The van der Waals surface area contributed by atoms with E-state index < -0.39 is 17.4 Å². The summed E-state index contributed by atoms with van der Waals surface area (Å²) in [7, 11) is 1.23. The Labute approximate surface area is 149 Å². The van der Waals surface area contributed by atoms with E-state index in [9.17, 15) is 19.2 Å². The van der Waals surface area contributed by atoms with Crippen LogP contribution in [0, 0.1) is 0 Å². The number of methoxy groups -OCH3 is 1. The van der Waals surface area contributed by atoms with Crippen molar-refractivity contribution >= 4 is 28.8 Å². The van der Waals surface area contributed by atoms with Crippen LogP contribution >= 0.6 is 0 Å². The van der Waals surface area contributed by atoms with Crippen LogP contribution in [-0.4, -0.2) is 52.4 Å². The summed E-state index contributed by atoms with van der Waals surface area (Å²) in [4.78, 5) is 54.0. The fourth-order valence-electron chi connectivity index (χ4n) is 2.63. The van der Waals surface area contributed by atoms with E-state index >= 15 is 0 Å². The molecule has 0 saturated heterocycles. The third-order valence-electron chi connectivity index (χ3n) is 4.02. The molecule has 2 N–H and O–H groups in total. The Morgan fingerprint density at radius 3 is 2.42 bits per heavy atom. The molecule has 0 spiro atoms. The fraction of sp³-hybridized carbons (Fsp3) is 0.353. The Morgan fingerprint density at radius 1 is 1.23 bits per heavy atom. The van der Waals surface area contributed by atoms with Gasteiger partial charge in [0.1, 0.15) is 17.8 Å². The van der Waals surface area contributed by atoms with Gasteiger partial charge in [0.15, 0.2) is 0 Å². The minimum absolute atomic E-state index is 0.149. The van der Waals surface area contributed by atoms with Crippen LogP contribution < -0.4 is 11.3 Å². The van der Waals surface area contributed by atoms with E-state index in [1.165, 1.54) is 25.4 Å². The van der Waals surface area contributed by atoms with E-state index in [4.69, 9.17) is 5.73 Å². The van der Waals surface area contributed by atoms with Crippen LogP contribution in [0.1, 0.15) is 34.6 Å². The maximum Gasteiger partial charge on any atom is 0.339 e. The van der Waals surface area contributed by atoms with E-state index in [1.807, 2.05) is 13.8 Å². The SMILES string of the molecule is CCN(CC)C(=O)Cn1c(=O)c(C(N)=O)cc2cc(C(=O)OC)cnc21. The zero-order valence-corrected chi connectivity index (χ0v) is 14.8. The van der Waals surface area contributed by atoms with Gasteiger partial charge in [0.2, 0.25) is 5.91 Å². The molecule has 2 amide bonds. The lowest BCUT2D eigenvalue weighted by Crippen LogP contribution is -2.38. The first-order valence-electron chi connectivity index (χ1n) is 8.03. The maximum absolute atomic E-state index is 12.6. The number of ether oxygens (including phenoxy) is 1. The summed E-state index contributed by atoms with van der Waals surface area (Å²) in [5.41, 5.74) is 4.62. The number of aromatic nitrogens is 2. The number of amides is 2. The molecule has 0 aliphatic rings. The Kier molecular flexibility index (Phi) is 5.71. The zero-order chi connectivity index (χ0) is 19.4. The molecule has 9 nitrogen and oxygen atoms in total. The van der Waals surface area contributed by atoms with Crippen molar-refractivity contribution in [2.45, 2.75) is 20.4 Å². The van der Waals surface area contributed by atoms with Crippen molar-refractivity contribution in [2.75, 3.05) is 20.2 Å². The second kappa shape index (κ2) is 7.77. The van der Waals surface area contributed by atoms with Crippen LogP contribution in [0.2, 0.25) is 0 Å². The lowest BCUT2D eigenvalue weighted by molar-refractivity contribution is -0.131. The molecule has 138 valence electrons. The third kappa shape index (κ3) is 3.56. The van der Waals surface area contributed by atoms with Crippen molar-refractivity contribution in [3.63, 3.8) is 0 Å². The number of rotatable bonds is 6. The van der Waals surface area contributed by atoms with Gasteiger partial charge in [-0.15, -0.1) is 0 Å². The van der Waals surface area contributed by atoms with E-state index in [0.29, 0.717) is 18.5 Å². The van der Waals surface area contributed by atoms with Gasteiger partial charge in [0.25, 0.3) is 11.5 Å². The highest BCUT2D eigenvalue weighted by Gasteiger charge is 2.19. The number of hydrogen-bond donors (Lipinski definition) is 1. The average molecular weight is 360 g/mol. The highest BCUT2D eigenvalue weighted by Crippen LogP contribution is 2.15. The number of hydrogen-bond acceptors (Lipinski definition) is 6. The molecule has 26 heavy (non-hydrogen) atoms. The molecule has 0 unspecified atom stereocenters. The van der Waals surface area contributed by atoms with Crippen LogP contribution in [0.4, 0.5) is 0 Å². The van der Waals surface area contributed by atoms with Crippen molar-refractivity contribution in [3.05, 3.63) is 39.8 Å². The quantitative estimate of drug-likeness (QED) is 0.731. The summed E-state index contributed by atoms with van der Waals surface area (Å²) >= 11 is 0. The molecule has 0 aliphatic heterocycles. The van der Waals surface area contributed by atoms with Gasteiger partial charge in [-0.25, -0.2) is 9.78 Å². The molecule has 2 aromatic rings. The van der Waals surface area contributed by atoms with Gasteiger partial charge in [-0.2, -0.15) is 0 Å². The number of nitrogens with two attached hydrogens (primary N) is 1. The number of esters is 1. The van der Waals surface area contributed by atoms with E-state index in [1.54, 1.807) is 4.90 Å². The van der Waals surface area contributed by atoms with Crippen molar-refractivity contribution in [3.8, 4) is 0 Å². The van der Waals surface area contributed by atoms with E-state index in [0.717, 1.165) is 4.57 Å². The van der Waals surface area contributed by atoms with E-state index in [2.05, 4.69) is 9.72 Å². The Bertz CT molecular complexity index is 931. The molecule has 0 radical (unpaired) electrons. The minimum atomic E-state index is -0.926. The second-order valence-corrected chi connectivity index (χ2v) is 5.51. The van der Waals surface area contributed by atoms with Gasteiger partial charge in [0, 0.05) is 24.7 Å². The van der Waals surface area contributed by atoms with Crippen LogP contribution in [0.15, 0.2) is 23.1 Å². The number of carbonyl (C=O) groups excluding carboxylic acids is 3. The summed E-state index contributed by atoms with van der Waals surface area (Å²) in [6, 6.07) is 2.69. The number of nitrogens with zero attached hydrogens (tertiary/aromatic N) is 3. The van der Waals surface area contributed by atoms with Crippen LogP contribution in [0.25, 0.3) is 11.0 Å².